The van der Waals surface area contributed by atoms with E-state index in [1.165, 1.54) is 0 Å². The fourth-order valence-corrected chi connectivity index (χ4v) is 3.16. The van der Waals surface area contributed by atoms with E-state index in [1.807, 2.05) is 43.3 Å². The van der Waals surface area contributed by atoms with Gasteiger partial charge < -0.3 is 14.6 Å². The van der Waals surface area contributed by atoms with Crippen molar-refractivity contribution in [1.29, 1.82) is 0 Å². The number of hydrogen-bond acceptors (Lipinski definition) is 4. The molecule has 1 N–H and O–H groups in total. The Labute approximate surface area is 140 Å². The van der Waals surface area contributed by atoms with Crippen LogP contribution in [0, 0.1) is 6.92 Å². The van der Waals surface area contributed by atoms with Crippen LogP contribution in [0.1, 0.15) is 22.9 Å². The Morgan fingerprint density at radius 1 is 1.17 bits per heavy atom. The third kappa shape index (κ3) is 2.23. The first kappa shape index (κ1) is 14.7. The van der Waals surface area contributed by atoms with Crippen molar-refractivity contribution in [3.05, 3.63) is 71.7 Å². The predicted octanol–water partition coefficient (Wildman–Crippen LogP) is 4.02. The number of pyridine rings is 1. The number of fused-ring (bicyclic) bond motifs is 3. The number of aromatic nitrogens is 1. The Morgan fingerprint density at radius 2 is 2.04 bits per heavy atom. The number of nitrogens with zero attached hydrogens (tertiary/aromatic N) is 1. The summed E-state index contributed by atoms with van der Waals surface area (Å²) in [6.07, 6.45) is 2.47. The van der Waals surface area contributed by atoms with Gasteiger partial charge in [-0.15, -0.1) is 0 Å². The Balaban J connectivity index is 1.91. The van der Waals surface area contributed by atoms with E-state index < -0.39 is 6.10 Å². The van der Waals surface area contributed by atoms with Gasteiger partial charge >= 0.3 is 0 Å². The Morgan fingerprint density at radius 3 is 2.79 bits per heavy atom. The van der Waals surface area contributed by atoms with E-state index in [2.05, 4.69) is 11.1 Å². The highest BCUT2D eigenvalue weighted by molar-refractivity contribution is 5.92. The van der Waals surface area contributed by atoms with Crippen molar-refractivity contribution in [2.75, 3.05) is 7.11 Å². The molecule has 4 heteroatoms. The molecule has 2 aromatic carbocycles. The molecular weight excluding hydrogens is 302 g/mol. The number of aliphatic hydroxyl groups is 1. The summed E-state index contributed by atoms with van der Waals surface area (Å²) in [6.45, 7) is 2.00. The van der Waals surface area contributed by atoms with Gasteiger partial charge in [0.2, 0.25) is 0 Å². The molecule has 1 unspecified atom stereocenters. The molecule has 1 aliphatic rings. The van der Waals surface area contributed by atoms with E-state index in [4.69, 9.17) is 9.47 Å². The summed E-state index contributed by atoms with van der Waals surface area (Å²) in [7, 11) is 1.65. The summed E-state index contributed by atoms with van der Waals surface area (Å²) >= 11 is 0. The van der Waals surface area contributed by atoms with Crippen LogP contribution < -0.4 is 9.47 Å². The van der Waals surface area contributed by atoms with Gasteiger partial charge in [-0.3, -0.25) is 4.98 Å². The maximum Gasteiger partial charge on any atom is 0.133 e. The highest BCUT2D eigenvalue weighted by atomic mass is 16.5. The van der Waals surface area contributed by atoms with Crippen LogP contribution in [0.3, 0.4) is 0 Å². The van der Waals surface area contributed by atoms with E-state index in [9.17, 15) is 5.11 Å². The Bertz CT molecular complexity index is 948. The molecule has 0 bridgehead atoms. The van der Waals surface area contributed by atoms with Crippen molar-refractivity contribution in [3.8, 4) is 11.5 Å². The van der Waals surface area contributed by atoms with Crippen LogP contribution in [0.25, 0.3) is 16.3 Å². The number of benzene rings is 2. The molecule has 0 saturated carbocycles. The quantitative estimate of drug-likeness (QED) is 0.775. The van der Waals surface area contributed by atoms with Gasteiger partial charge in [0.15, 0.2) is 0 Å². The Hall–Kier alpha value is -2.85. The largest absolute Gasteiger partial charge is 0.496 e. The molecule has 0 fully saturated rings. The van der Waals surface area contributed by atoms with Gasteiger partial charge in [-0.2, -0.15) is 0 Å². The third-order valence-corrected chi connectivity index (χ3v) is 4.38. The Kier molecular flexibility index (Phi) is 3.47. The van der Waals surface area contributed by atoms with Crippen molar-refractivity contribution in [1.82, 2.24) is 4.98 Å². The minimum absolute atomic E-state index is 0.648. The zero-order valence-electron chi connectivity index (χ0n) is 13.5. The lowest BCUT2D eigenvalue weighted by atomic mass is 9.91. The SMILES string of the molecule is COc1cc2c3c(ccc2cc1C)OC=C(c1ccccn1)C3O. The fourth-order valence-electron chi connectivity index (χ4n) is 3.16. The summed E-state index contributed by atoms with van der Waals surface area (Å²) in [4.78, 5) is 4.32. The summed E-state index contributed by atoms with van der Waals surface area (Å²) in [6, 6.07) is 13.5. The summed E-state index contributed by atoms with van der Waals surface area (Å²) in [5, 5.41) is 12.9. The van der Waals surface area contributed by atoms with E-state index in [1.54, 1.807) is 19.6 Å². The average Bonchev–Trinajstić information content (AvgIpc) is 2.62. The molecule has 1 atom stereocenters. The number of ether oxygens (including phenoxy) is 2. The van der Waals surface area contributed by atoms with Crippen LogP contribution >= 0.6 is 0 Å². The predicted molar refractivity (Wildman–Crippen MR) is 93.0 cm³/mol. The molecule has 120 valence electrons. The molecule has 0 aliphatic carbocycles. The fraction of sp³-hybridized carbons (Fsp3) is 0.150. The minimum Gasteiger partial charge on any atom is -0.496 e. The third-order valence-electron chi connectivity index (χ3n) is 4.38. The first-order chi connectivity index (χ1) is 11.7. The van der Waals surface area contributed by atoms with E-state index >= 15 is 0 Å². The topological polar surface area (TPSA) is 51.6 Å². The van der Waals surface area contributed by atoms with E-state index in [0.29, 0.717) is 17.0 Å². The highest BCUT2D eigenvalue weighted by Gasteiger charge is 2.27. The van der Waals surface area contributed by atoms with Crippen molar-refractivity contribution in [2.24, 2.45) is 0 Å². The summed E-state index contributed by atoms with van der Waals surface area (Å²) < 4.78 is 11.2. The molecule has 4 rings (SSSR count). The molecule has 0 spiro atoms. The van der Waals surface area contributed by atoms with Gasteiger partial charge in [-0.1, -0.05) is 12.1 Å². The lowest BCUT2D eigenvalue weighted by molar-refractivity contribution is 0.225. The monoisotopic (exact) mass is 319 g/mol. The normalized spacial score (nSPS) is 16.3. The van der Waals surface area contributed by atoms with Gasteiger partial charge in [-0.25, -0.2) is 0 Å². The smallest absolute Gasteiger partial charge is 0.133 e. The zero-order chi connectivity index (χ0) is 16.7. The van der Waals surface area contributed by atoms with Crippen molar-refractivity contribution in [3.63, 3.8) is 0 Å². The first-order valence-electron chi connectivity index (χ1n) is 7.76. The second-order valence-electron chi connectivity index (χ2n) is 5.83. The van der Waals surface area contributed by atoms with Crippen LogP contribution in [0.2, 0.25) is 0 Å². The molecule has 0 amide bonds. The molecule has 1 aliphatic heterocycles. The van der Waals surface area contributed by atoms with E-state index in [0.717, 1.165) is 27.6 Å². The molecule has 0 saturated heterocycles. The van der Waals surface area contributed by atoms with Crippen LogP contribution in [0.5, 0.6) is 11.5 Å². The van der Waals surface area contributed by atoms with Crippen molar-refractivity contribution < 1.29 is 14.6 Å². The molecular formula is C20H17NO3. The van der Waals surface area contributed by atoms with Gasteiger partial charge in [-0.05, 0) is 53.6 Å². The molecule has 2 heterocycles. The van der Waals surface area contributed by atoms with Crippen molar-refractivity contribution >= 4 is 16.3 Å². The minimum atomic E-state index is -0.806. The molecule has 3 aromatic rings. The first-order valence-corrected chi connectivity index (χ1v) is 7.76. The number of hydrogen-bond donors (Lipinski definition) is 1. The zero-order valence-corrected chi connectivity index (χ0v) is 13.5. The number of methoxy groups -OCH3 is 1. The summed E-state index contributed by atoms with van der Waals surface area (Å²) in [5.41, 5.74) is 3.15. The van der Waals surface area contributed by atoms with Gasteiger partial charge in [0.1, 0.15) is 17.6 Å². The molecule has 24 heavy (non-hydrogen) atoms. The number of aliphatic hydroxyl groups excluding tert-OH is 1. The molecule has 4 nitrogen and oxygen atoms in total. The van der Waals surface area contributed by atoms with Crippen LogP contribution in [-0.4, -0.2) is 17.2 Å². The number of aryl methyl sites for hydroxylation is 1. The van der Waals surface area contributed by atoms with Crippen LogP contribution in [0.4, 0.5) is 0 Å². The maximum atomic E-state index is 11.0. The molecule has 0 radical (unpaired) electrons. The standard InChI is InChI=1S/C20H17NO3/c1-12-9-13-6-7-17-19(14(13)10-18(12)23-2)20(22)15(11-24-17)16-5-3-4-8-21-16/h3-11,20,22H,1-2H3. The second kappa shape index (κ2) is 5.65. The molecule has 1 aromatic heterocycles. The maximum absolute atomic E-state index is 11.0. The van der Waals surface area contributed by atoms with Gasteiger partial charge in [0.05, 0.1) is 19.1 Å². The second-order valence-corrected chi connectivity index (χ2v) is 5.83. The summed E-state index contributed by atoms with van der Waals surface area (Å²) in [5.74, 6) is 1.44. The average molecular weight is 319 g/mol. The van der Waals surface area contributed by atoms with Gasteiger partial charge in [0.25, 0.3) is 0 Å². The number of rotatable bonds is 2. The van der Waals surface area contributed by atoms with E-state index in [-0.39, 0.29) is 0 Å². The lowest BCUT2D eigenvalue weighted by Crippen LogP contribution is -2.11. The van der Waals surface area contributed by atoms with Crippen LogP contribution in [-0.2, 0) is 0 Å². The van der Waals surface area contributed by atoms with Crippen LogP contribution in [0.15, 0.2) is 54.9 Å². The van der Waals surface area contributed by atoms with Crippen molar-refractivity contribution in [2.45, 2.75) is 13.0 Å². The lowest BCUT2D eigenvalue weighted by Gasteiger charge is -2.24. The highest BCUT2D eigenvalue weighted by Crippen LogP contribution is 2.43. The van der Waals surface area contributed by atoms with Gasteiger partial charge in [0, 0.05) is 17.3 Å².